The van der Waals surface area contributed by atoms with Crippen LogP contribution in [0, 0.1) is 5.92 Å². The van der Waals surface area contributed by atoms with Gasteiger partial charge in [0.1, 0.15) is 0 Å². The second-order valence-electron chi connectivity index (χ2n) is 5.34. The van der Waals surface area contributed by atoms with E-state index in [9.17, 15) is 0 Å². The van der Waals surface area contributed by atoms with Crippen molar-refractivity contribution >= 4 is 23.0 Å². The molecule has 2 atom stereocenters. The topological polar surface area (TPSA) is 36.4 Å². The van der Waals surface area contributed by atoms with Crippen LogP contribution in [0.3, 0.4) is 0 Å². The molecule has 3 nitrogen and oxygen atoms in total. The molecule has 0 aromatic carbocycles. The van der Waals surface area contributed by atoms with Crippen molar-refractivity contribution in [1.29, 1.82) is 0 Å². The third-order valence-corrected chi connectivity index (χ3v) is 4.13. The molecule has 2 saturated carbocycles. The minimum Gasteiger partial charge on any atom is -0.358 e. The molecule has 0 spiro atoms. The summed E-state index contributed by atoms with van der Waals surface area (Å²) >= 11 is 5.29. The minimum absolute atomic E-state index is 0.535. The summed E-state index contributed by atoms with van der Waals surface area (Å²) in [4.78, 5) is 0. The summed E-state index contributed by atoms with van der Waals surface area (Å²) in [5.74, 6) is 0.725. The van der Waals surface area contributed by atoms with Gasteiger partial charge in [-0.05, 0) is 56.7 Å². The summed E-state index contributed by atoms with van der Waals surface area (Å²) in [6.45, 7) is 2.31. The zero-order chi connectivity index (χ0) is 12.1. The average Bonchev–Trinajstić information content (AvgIpc) is 2.82. The van der Waals surface area contributed by atoms with Crippen molar-refractivity contribution in [2.24, 2.45) is 11.0 Å². The summed E-state index contributed by atoms with van der Waals surface area (Å²) < 4.78 is 0. The van der Waals surface area contributed by atoms with E-state index in [1.807, 2.05) is 0 Å². The lowest BCUT2D eigenvalue weighted by atomic mass is 9.86. The first kappa shape index (κ1) is 12.8. The third kappa shape index (κ3) is 3.95. The van der Waals surface area contributed by atoms with Crippen LogP contribution in [-0.4, -0.2) is 16.9 Å². The Morgan fingerprint density at radius 1 is 1.18 bits per heavy atom. The SMILES string of the molecule is C[C@H]1CCCC[C@@H]1NC(=S)NN=C1CCCC1. The fourth-order valence-electron chi connectivity index (χ4n) is 2.76. The van der Waals surface area contributed by atoms with Crippen molar-refractivity contribution in [2.75, 3.05) is 0 Å². The van der Waals surface area contributed by atoms with Gasteiger partial charge in [0, 0.05) is 11.8 Å². The van der Waals surface area contributed by atoms with Crippen LogP contribution in [0.25, 0.3) is 0 Å². The predicted molar refractivity (Wildman–Crippen MR) is 76.2 cm³/mol. The number of nitrogens with zero attached hydrogens (tertiary/aromatic N) is 1. The maximum absolute atomic E-state index is 5.29. The molecular weight excluding hydrogens is 230 g/mol. The van der Waals surface area contributed by atoms with Crippen molar-refractivity contribution in [3.63, 3.8) is 0 Å². The smallest absolute Gasteiger partial charge is 0.187 e. The summed E-state index contributed by atoms with van der Waals surface area (Å²) in [7, 11) is 0. The van der Waals surface area contributed by atoms with Gasteiger partial charge in [0.2, 0.25) is 0 Å². The van der Waals surface area contributed by atoms with Gasteiger partial charge in [-0.3, -0.25) is 5.43 Å². The first-order valence-corrected chi connectivity index (χ1v) is 7.28. The molecule has 0 aromatic heterocycles. The molecule has 0 bridgehead atoms. The molecule has 2 N–H and O–H groups in total. The number of rotatable bonds is 2. The highest BCUT2D eigenvalue weighted by Gasteiger charge is 2.21. The van der Waals surface area contributed by atoms with E-state index in [1.54, 1.807) is 0 Å². The Labute approximate surface area is 109 Å². The van der Waals surface area contributed by atoms with Gasteiger partial charge in [0.05, 0.1) is 0 Å². The number of nitrogens with one attached hydrogen (secondary N) is 2. The van der Waals surface area contributed by atoms with Crippen molar-refractivity contribution in [3.8, 4) is 0 Å². The molecule has 96 valence electrons. The Morgan fingerprint density at radius 3 is 2.59 bits per heavy atom. The molecule has 2 aliphatic rings. The Bertz CT molecular complexity index is 293. The Kier molecular flexibility index (Phi) is 4.77. The average molecular weight is 253 g/mol. The first-order chi connectivity index (χ1) is 8.25. The zero-order valence-corrected chi connectivity index (χ0v) is 11.5. The molecule has 2 fully saturated rings. The van der Waals surface area contributed by atoms with E-state index in [1.165, 1.54) is 44.2 Å². The largest absolute Gasteiger partial charge is 0.358 e. The molecule has 17 heavy (non-hydrogen) atoms. The van der Waals surface area contributed by atoms with Gasteiger partial charge in [-0.2, -0.15) is 5.10 Å². The van der Waals surface area contributed by atoms with E-state index < -0.39 is 0 Å². The molecule has 0 amide bonds. The van der Waals surface area contributed by atoms with E-state index in [0.717, 1.165) is 18.8 Å². The Morgan fingerprint density at radius 2 is 1.88 bits per heavy atom. The summed E-state index contributed by atoms with van der Waals surface area (Å²) in [5.41, 5.74) is 4.27. The van der Waals surface area contributed by atoms with E-state index in [2.05, 4.69) is 22.8 Å². The highest BCUT2D eigenvalue weighted by Crippen LogP contribution is 2.23. The van der Waals surface area contributed by atoms with Crippen molar-refractivity contribution in [2.45, 2.75) is 64.3 Å². The fourth-order valence-corrected chi connectivity index (χ4v) is 2.95. The standard InChI is InChI=1S/C13H23N3S/c1-10-6-2-5-9-12(10)14-13(17)16-15-11-7-3-4-8-11/h10,12H,2-9H2,1H3,(H2,14,16,17)/t10-,12-/m0/s1. The lowest BCUT2D eigenvalue weighted by molar-refractivity contribution is 0.308. The van der Waals surface area contributed by atoms with Gasteiger partial charge in [0.25, 0.3) is 0 Å². The molecule has 0 radical (unpaired) electrons. The molecule has 2 rings (SSSR count). The van der Waals surface area contributed by atoms with Gasteiger partial charge >= 0.3 is 0 Å². The van der Waals surface area contributed by atoms with Crippen LogP contribution in [0.4, 0.5) is 0 Å². The van der Waals surface area contributed by atoms with Gasteiger partial charge in [0.15, 0.2) is 5.11 Å². The van der Waals surface area contributed by atoms with Crippen LogP contribution in [0.2, 0.25) is 0 Å². The van der Waals surface area contributed by atoms with Crippen LogP contribution >= 0.6 is 12.2 Å². The maximum Gasteiger partial charge on any atom is 0.187 e. The molecule has 0 aromatic rings. The summed E-state index contributed by atoms with van der Waals surface area (Å²) in [5, 5.41) is 8.48. The Hall–Kier alpha value is -0.640. The minimum atomic E-state index is 0.535. The van der Waals surface area contributed by atoms with Gasteiger partial charge < -0.3 is 5.32 Å². The number of hydrogen-bond acceptors (Lipinski definition) is 2. The van der Waals surface area contributed by atoms with Crippen LogP contribution in [0.5, 0.6) is 0 Å². The van der Waals surface area contributed by atoms with Crippen LogP contribution in [0.15, 0.2) is 5.10 Å². The van der Waals surface area contributed by atoms with Gasteiger partial charge in [-0.1, -0.05) is 19.8 Å². The monoisotopic (exact) mass is 253 g/mol. The second-order valence-corrected chi connectivity index (χ2v) is 5.75. The van der Waals surface area contributed by atoms with Crippen LogP contribution < -0.4 is 10.7 Å². The van der Waals surface area contributed by atoms with Crippen molar-refractivity contribution in [1.82, 2.24) is 10.7 Å². The lowest BCUT2D eigenvalue weighted by Crippen LogP contribution is -2.44. The lowest BCUT2D eigenvalue weighted by Gasteiger charge is -2.30. The molecule has 0 aliphatic heterocycles. The highest BCUT2D eigenvalue weighted by molar-refractivity contribution is 7.80. The van der Waals surface area contributed by atoms with E-state index in [4.69, 9.17) is 12.2 Å². The number of thiocarbonyl (C=S) groups is 1. The molecule has 0 heterocycles. The maximum atomic E-state index is 5.29. The van der Waals surface area contributed by atoms with Gasteiger partial charge in [-0.15, -0.1) is 0 Å². The van der Waals surface area contributed by atoms with Crippen LogP contribution in [0.1, 0.15) is 58.3 Å². The quantitative estimate of drug-likeness (QED) is 0.587. The number of hydrogen-bond donors (Lipinski definition) is 2. The predicted octanol–water partition coefficient (Wildman–Crippen LogP) is 2.96. The second kappa shape index (κ2) is 6.34. The zero-order valence-electron chi connectivity index (χ0n) is 10.7. The summed E-state index contributed by atoms with van der Waals surface area (Å²) in [6.07, 6.45) is 10.1. The highest BCUT2D eigenvalue weighted by atomic mass is 32.1. The molecule has 0 unspecified atom stereocenters. The van der Waals surface area contributed by atoms with E-state index in [-0.39, 0.29) is 0 Å². The van der Waals surface area contributed by atoms with E-state index in [0.29, 0.717) is 11.2 Å². The molecule has 0 saturated heterocycles. The first-order valence-electron chi connectivity index (χ1n) is 6.87. The van der Waals surface area contributed by atoms with E-state index >= 15 is 0 Å². The number of hydrazone groups is 1. The molecule has 4 heteroatoms. The van der Waals surface area contributed by atoms with Crippen molar-refractivity contribution in [3.05, 3.63) is 0 Å². The molecule has 2 aliphatic carbocycles. The Balaban J connectivity index is 1.74. The normalized spacial score (nSPS) is 28.9. The molecular formula is C13H23N3S. The summed E-state index contributed by atoms with van der Waals surface area (Å²) in [6, 6.07) is 0.535. The van der Waals surface area contributed by atoms with Crippen molar-refractivity contribution < 1.29 is 0 Å². The third-order valence-electron chi connectivity index (χ3n) is 3.92. The fraction of sp³-hybridized carbons (Fsp3) is 0.846. The van der Waals surface area contributed by atoms with Crippen LogP contribution in [-0.2, 0) is 0 Å². The van der Waals surface area contributed by atoms with Gasteiger partial charge in [-0.25, -0.2) is 0 Å².